The van der Waals surface area contributed by atoms with E-state index in [-0.39, 0.29) is 16.2 Å². The van der Waals surface area contributed by atoms with Gasteiger partial charge in [-0.25, -0.2) is 0 Å². The van der Waals surface area contributed by atoms with Crippen LogP contribution in [0.1, 0.15) is 46.1 Å². The smallest absolute Gasteiger partial charge is 0.292 e. The summed E-state index contributed by atoms with van der Waals surface area (Å²) in [6.45, 7) is 9.19. The molecule has 0 spiro atoms. The number of hydrogen-bond acceptors (Lipinski definition) is 4. The second kappa shape index (κ2) is 7.24. The van der Waals surface area contributed by atoms with Gasteiger partial charge in [0.15, 0.2) is 0 Å². The van der Waals surface area contributed by atoms with Crippen molar-refractivity contribution < 1.29 is 9.66 Å². The SMILES string of the molecule is CCCNc1c(COC(C)(C)CC)cccc1[N+](=O)[O-]. The van der Waals surface area contributed by atoms with Gasteiger partial charge >= 0.3 is 0 Å². The summed E-state index contributed by atoms with van der Waals surface area (Å²) in [6.07, 6.45) is 1.80. The van der Waals surface area contributed by atoms with Gasteiger partial charge in [-0.05, 0) is 26.7 Å². The largest absolute Gasteiger partial charge is 0.379 e. The average Bonchev–Trinajstić information content (AvgIpc) is 2.43. The highest BCUT2D eigenvalue weighted by atomic mass is 16.6. The maximum absolute atomic E-state index is 11.1. The number of benzene rings is 1. The van der Waals surface area contributed by atoms with E-state index in [9.17, 15) is 10.1 Å². The van der Waals surface area contributed by atoms with E-state index < -0.39 is 0 Å². The van der Waals surface area contributed by atoms with Crippen LogP contribution < -0.4 is 5.32 Å². The van der Waals surface area contributed by atoms with E-state index in [1.54, 1.807) is 6.07 Å². The zero-order valence-corrected chi connectivity index (χ0v) is 12.7. The van der Waals surface area contributed by atoms with E-state index in [0.29, 0.717) is 18.8 Å². The Bertz CT molecular complexity index is 458. The summed E-state index contributed by atoms with van der Waals surface area (Å²) in [6, 6.07) is 5.09. The van der Waals surface area contributed by atoms with Crippen LogP contribution in [0.25, 0.3) is 0 Å². The summed E-state index contributed by atoms with van der Waals surface area (Å²) in [7, 11) is 0. The van der Waals surface area contributed by atoms with Crippen LogP contribution in [0.3, 0.4) is 0 Å². The summed E-state index contributed by atoms with van der Waals surface area (Å²) in [5.41, 5.74) is 1.28. The van der Waals surface area contributed by atoms with Gasteiger partial charge in [-0.3, -0.25) is 10.1 Å². The first-order valence-corrected chi connectivity index (χ1v) is 7.05. The van der Waals surface area contributed by atoms with E-state index in [2.05, 4.69) is 12.2 Å². The Labute approximate surface area is 120 Å². The molecule has 1 aromatic carbocycles. The third-order valence-corrected chi connectivity index (χ3v) is 3.35. The minimum atomic E-state index is -0.355. The van der Waals surface area contributed by atoms with Crippen molar-refractivity contribution in [1.29, 1.82) is 0 Å². The molecule has 0 aliphatic carbocycles. The van der Waals surface area contributed by atoms with E-state index in [0.717, 1.165) is 18.4 Å². The predicted octanol–water partition coefficient (Wildman–Crippen LogP) is 4.12. The van der Waals surface area contributed by atoms with Crippen LogP contribution in [0.4, 0.5) is 11.4 Å². The minimum absolute atomic E-state index is 0.105. The van der Waals surface area contributed by atoms with Crippen molar-refractivity contribution in [3.8, 4) is 0 Å². The monoisotopic (exact) mass is 280 g/mol. The summed E-state index contributed by atoms with van der Waals surface area (Å²) in [5, 5.41) is 14.3. The minimum Gasteiger partial charge on any atom is -0.379 e. The van der Waals surface area contributed by atoms with E-state index >= 15 is 0 Å². The molecule has 112 valence electrons. The number of nitrogens with one attached hydrogen (secondary N) is 1. The predicted molar refractivity (Wildman–Crippen MR) is 81.0 cm³/mol. The Morgan fingerprint density at radius 2 is 2.05 bits per heavy atom. The molecular weight excluding hydrogens is 256 g/mol. The Morgan fingerprint density at radius 3 is 2.60 bits per heavy atom. The molecular formula is C15H24N2O3. The van der Waals surface area contributed by atoms with Crippen LogP contribution in [0.15, 0.2) is 18.2 Å². The fourth-order valence-electron chi connectivity index (χ4n) is 1.69. The van der Waals surface area contributed by atoms with Crippen molar-refractivity contribution in [3.63, 3.8) is 0 Å². The van der Waals surface area contributed by atoms with Crippen LogP contribution in [0, 0.1) is 10.1 Å². The molecule has 0 bridgehead atoms. The quantitative estimate of drug-likeness (QED) is 0.574. The summed E-state index contributed by atoms with van der Waals surface area (Å²) < 4.78 is 5.86. The lowest BCUT2D eigenvalue weighted by atomic mass is 10.1. The fraction of sp³-hybridized carbons (Fsp3) is 0.600. The van der Waals surface area contributed by atoms with Crippen molar-refractivity contribution >= 4 is 11.4 Å². The Balaban J connectivity index is 2.99. The maximum Gasteiger partial charge on any atom is 0.292 e. The highest BCUT2D eigenvalue weighted by Gasteiger charge is 2.20. The van der Waals surface area contributed by atoms with Crippen molar-refractivity contribution in [2.24, 2.45) is 0 Å². The average molecular weight is 280 g/mol. The third kappa shape index (κ3) is 4.49. The molecule has 0 radical (unpaired) electrons. The summed E-state index contributed by atoms with van der Waals surface area (Å²) >= 11 is 0. The zero-order valence-electron chi connectivity index (χ0n) is 12.7. The van der Waals surface area contributed by atoms with Gasteiger partial charge in [0.1, 0.15) is 5.69 Å². The third-order valence-electron chi connectivity index (χ3n) is 3.35. The molecule has 0 amide bonds. The first-order valence-electron chi connectivity index (χ1n) is 7.05. The van der Waals surface area contributed by atoms with Gasteiger partial charge in [0.2, 0.25) is 0 Å². The highest BCUT2D eigenvalue weighted by molar-refractivity contribution is 5.66. The zero-order chi connectivity index (χ0) is 15.2. The summed E-state index contributed by atoms with van der Waals surface area (Å²) in [4.78, 5) is 10.8. The molecule has 0 atom stereocenters. The molecule has 0 saturated carbocycles. The molecule has 5 heteroatoms. The molecule has 20 heavy (non-hydrogen) atoms. The number of nitro groups is 1. The normalized spacial score (nSPS) is 11.4. The molecule has 1 N–H and O–H groups in total. The molecule has 0 unspecified atom stereocenters. The van der Waals surface area contributed by atoms with Crippen molar-refractivity contribution in [3.05, 3.63) is 33.9 Å². The van der Waals surface area contributed by atoms with Gasteiger partial charge in [-0.1, -0.05) is 26.0 Å². The Hall–Kier alpha value is -1.62. The molecule has 0 fully saturated rings. The Morgan fingerprint density at radius 1 is 1.35 bits per heavy atom. The van der Waals surface area contributed by atoms with Crippen LogP contribution >= 0.6 is 0 Å². The molecule has 1 rings (SSSR count). The van der Waals surface area contributed by atoms with Crippen LogP contribution in [0.2, 0.25) is 0 Å². The number of nitro benzene ring substituents is 1. The molecule has 0 aliphatic heterocycles. The number of rotatable bonds is 8. The second-order valence-electron chi connectivity index (χ2n) is 5.40. The number of para-hydroxylation sites is 1. The molecule has 1 aromatic rings. The van der Waals surface area contributed by atoms with E-state index in [1.807, 2.05) is 26.8 Å². The molecule has 0 aliphatic rings. The molecule has 0 heterocycles. The van der Waals surface area contributed by atoms with Crippen molar-refractivity contribution in [2.75, 3.05) is 11.9 Å². The van der Waals surface area contributed by atoms with E-state index in [1.165, 1.54) is 6.07 Å². The Kier molecular flexibility index (Phi) is 5.95. The first kappa shape index (κ1) is 16.4. The van der Waals surface area contributed by atoms with Crippen LogP contribution in [-0.4, -0.2) is 17.1 Å². The number of anilines is 1. The fourth-order valence-corrected chi connectivity index (χ4v) is 1.69. The van der Waals surface area contributed by atoms with Crippen LogP contribution in [-0.2, 0) is 11.3 Å². The molecule has 5 nitrogen and oxygen atoms in total. The number of nitrogens with zero attached hydrogens (tertiary/aromatic N) is 1. The van der Waals surface area contributed by atoms with Gasteiger partial charge in [-0.2, -0.15) is 0 Å². The van der Waals surface area contributed by atoms with Gasteiger partial charge < -0.3 is 10.1 Å². The maximum atomic E-state index is 11.1. The lowest BCUT2D eigenvalue weighted by Gasteiger charge is -2.24. The van der Waals surface area contributed by atoms with Gasteiger partial charge in [0.05, 0.1) is 17.1 Å². The first-order chi connectivity index (χ1) is 9.41. The van der Waals surface area contributed by atoms with Gasteiger partial charge in [0.25, 0.3) is 5.69 Å². The molecule has 0 saturated heterocycles. The summed E-state index contributed by atoms with van der Waals surface area (Å²) in [5.74, 6) is 0. The lowest BCUT2D eigenvalue weighted by Crippen LogP contribution is -2.23. The van der Waals surface area contributed by atoms with Gasteiger partial charge in [-0.15, -0.1) is 0 Å². The lowest BCUT2D eigenvalue weighted by molar-refractivity contribution is -0.384. The number of ether oxygens (including phenoxy) is 1. The van der Waals surface area contributed by atoms with E-state index in [4.69, 9.17) is 4.74 Å². The van der Waals surface area contributed by atoms with Gasteiger partial charge in [0, 0.05) is 18.2 Å². The second-order valence-corrected chi connectivity index (χ2v) is 5.40. The number of hydrogen-bond donors (Lipinski definition) is 1. The topological polar surface area (TPSA) is 64.4 Å². The van der Waals surface area contributed by atoms with Crippen molar-refractivity contribution in [2.45, 2.75) is 52.7 Å². The highest BCUT2D eigenvalue weighted by Crippen LogP contribution is 2.30. The van der Waals surface area contributed by atoms with Crippen LogP contribution in [0.5, 0.6) is 0 Å². The standard InChI is InChI=1S/C15H24N2O3/c1-5-10-16-14-12(11-20-15(3,4)6-2)8-7-9-13(14)17(18)19/h7-9,16H,5-6,10-11H2,1-4H3. The van der Waals surface area contributed by atoms with Crippen molar-refractivity contribution in [1.82, 2.24) is 0 Å². The molecule has 0 aromatic heterocycles.